The van der Waals surface area contributed by atoms with Gasteiger partial charge in [0.1, 0.15) is 0 Å². The zero-order valence-electron chi connectivity index (χ0n) is 6.86. The molecular weight excluding hydrogens is 165 g/mol. The number of hydrogen-bond donors (Lipinski definition) is 1. The third-order valence-electron chi connectivity index (χ3n) is 1.41. The molecule has 0 aliphatic heterocycles. The summed E-state index contributed by atoms with van der Waals surface area (Å²) in [7, 11) is 0. The SMILES string of the molecule is N[C@@H](C(=O)[O-])c1ccccc1.[Na+]. The molecule has 4 heteroatoms. The summed E-state index contributed by atoms with van der Waals surface area (Å²) >= 11 is 0. The first-order chi connectivity index (χ1) is 5.22. The van der Waals surface area contributed by atoms with E-state index in [-0.39, 0.29) is 29.6 Å². The van der Waals surface area contributed by atoms with Crippen LogP contribution in [-0.2, 0) is 4.79 Å². The third kappa shape index (κ3) is 2.95. The van der Waals surface area contributed by atoms with Gasteiger partial charge in [0.25, 0.3) is 0 Å². The fourth-order valence-electron chi connectivity index (χ4n) is 0.796. The molecule has 58 valence electrons. The number of benzene rings is 1. The molecular formula is C8H8NNaO2. The van der Waals surface area contributed by atoms with E-state index in [2.05, 4.69) is 0 Å². The van der Waals surface area contributed by atoms with Gasteiger partial charge in [-0.15, -0.1) is 0 Å². The number of rotatable bonds is 2. The summed E-state index contributed by atoms with van der Waals surface area (Å²) in [5.41, 5.74) is 5.84. The van der Waals surface area contributed by atoms with Crippen LogP contribution in [0.1, 0.15) is 11.6 Å². The van der Waals surface area contributed by atoms with E-state index in [0.29, 0.717) is 5.56 Å². The number of nitrogens with two attached hydrogens (primary N) is 1. The van der Waals surface area contributed by atoms with E-state index >= 15 is 0 Å². The summed E-state index contributed by atoms with van der Waals surface area (Å²) in [6.07, 6.45) is 0. The maximum atomic E-state index is 10.3. The van der Waals surface area contributed by atoms with Crippen molar-refractivity contribution in [1.29, 1.82) is 0 Å². The smallest absolute Gasteiger partial charge is 0.548 e. The van der Waals surface area contributed by atoms with Crippen LogP contribution in [0.15, 0.2) is 30.3 Å². The molecule has 1 atom stereocenters. The van der Waals surface area contributed by atoms with Crippen LogP contribution in [0, 0.1) is 0 Å². The second-order valence-corrected chi connectivity index (χ2v) is 2.21. The van der Waals surface area contributed by atoms with Gasteiger partial charge in [0, 0.05) is 0 Å². The summed E-state index contributed by atoms with van der Waals surface area (Å²) in [4.78, 5) is 10.3. The van der Waals surface area contributed by atoms with Crippen molar-refractivity contribution in [2.24, 2.45) is 5.73 Å². The fourth-order valence-corrected chi connectivity index (χ4v) is 0.796. The van der Waals surface area contributed by atoms with Crippen molar-refractivity contribution in [3.63, 3.8) is 0 Å². The Kier molecular flexibility index (Phi) is 5.17. The quantitative estimate of drug-likeness (QED) is 0.471. The van der Waals surface area contributed by atoms with Gasteiger partial charge in [-0.2, -0.15) is 0 Å². The molecule has 0 heterocycles. The Bertz CT molecular complexity index is 250. The van der Waals surface area contributed by atoms with E-state index in [9.17, 15) is 9.90 Å². The molecule has 0 aliphatic carbocycles. The predicted molar refractivity (Wildman–Crippen MR) is 38.4 cm³/mol. The maximum Gasteiger partial charge on any atom is 1.00 e. The normalized spacial score (nSPS) is 11.4. The van der Waals surface area contributed by atoms with Crippen LogP contribution in [0.3, 0.4) is 0 Å². The van der Waals surface area contributed by atoms with Gasteiger partial charge < -0.3 is 15.6 Å². The summed E-state index contributed by atoms with van der Waals surface area (Å²) in [5.74, 6) is -1.25. The van der Waals surface area contributed by atoms with E-state index in [0.717, 1.165) is 0 Å². The van der Waals surface area contributed by atoms with Gasteiger partial charge in [-0.3, -0.25) is 0 Å². The van der Waals surface area contributed by atoms with Gasteiger partial charge >= 0.3 is 29.6 Å². The van der Waals surface area contributed by atoms with Crippen LogP contribution in [0.2, 0.25) is 0 Å². The summed E-state index contributed by atoms with van der Waals surface area (Å²) < 4.78 is 0. The average Bonchev–Trinajstić information content (AvgIpc) is 2.05. The summed E-state index contributed by atoms with van der Waals surface area (Å²) in [5, 5.41) is 10.3. The van der Waals surface area contributed by atoms with Crippen LogP contribution in [0.5, 0.6) is 0 Å². The minimum Gasteiger partial charge on any atom is -0.548 e. The first-order valence-corrected chi connectivity index (χ1v) is 3.23. The second-order valence-electron chi connectivity index (χ2n) is 2.21. The van der Waals surface area contributed by atoms with Crippen LogP contribution in [0.4, 0.5) is 0 Å². The first-order valence-electron chi connectivity index (χ1n) is 3.23. The van der Waals surface area contributed by atoms with Crippen LogP contribution in [0.25, 0.3) is 0 Å². The molecule has 1 rings (SSSR count). The second kappa shape index (κ2) is 5.32. The Morgan fingerprint density at radius 1 is 1.33 bits per heavy atom. The monoisotopic (exact) mass is 173 g/mol. The van der Waals surface area contributed by atoms with Gasteiger partial charge in [-0.25, -0.2) is 0 Å². The number of carboxylic acids is 1. The van der Waals surface area contributed by atoms with E-state index < -0.39 is 12.0 Å². The molecule has 0 amide bonds. The van der Waals surface area contributed by atoms with Crippen LogP contribution >= 0.6 is 0 Å². The minimum absolute atomic E-state index is 0. The molecule has 0 saturated carbocycles. The molecule has 0 saturated heterocycles. The third-order valence-corrected chi connectivity index (χ3v) is 1.41. The molecule has 12 heavy (non-hydrogen) atoms. The van der Waals surface area contributed by atoms with E-state index in [1.165, 1.54) is 0 Å². The van der Waals surface area contributed by atoms with Crippen molar-refractivity contribution in [1.82, 2.24) is 0 Å². The molecule has 0 radical (unpaired) electrons. The maximum absolute atomic E-state index is 10.3. The van der Waals surface area contributed by atoms with E-state index in [1.807, 2.05) is 0 Å². The van der Waals surface area contributed by atoms with Gasteiger partial charge in [0.15, 0.2) is 0 Å². The van der Waals surface area contributed by atoms with Crippen LogP contribution in [-0.4, -0.2) is 5.97 Å². The van der Waals surface area contributed by atoms with E-state index in [1.54, 1.807) is 30.3 Å². The van der Waals surface area contributed by atoms with E-state index in [4.69, 9.17) is 5.73 Å². The van der Waals surface area contributed by atoms with Crippen LogP contribution < -0.4 is 40.4 Å². The van der Waals surface area contributed by atoms with Crippen molar-refractivity contribution in [3.05, 3.63) is 35.9 Å². The molecule has 0 aromatic heterocycles. The van der Waals surface area contributed by atoms with Crippen molar-refractivity contribution in [2.75, 3.05) is 0 Å². The van der Waals surface area contributed by atoms with Crippen molar-refractivity contribution < 1.29 is 39.5 Å². The van der Waals surface area contributed by atoms with Gasteiger partial charge in [0.2, 0.25) is 0 Å². The zero-order chi connectivity index (χ0) is 8.27. The molecule has 0 bridgehead atoms. The standard InChI is InChI=1S/C8H9NO2.Na/c9-7(8(10)11)6-4-2-1-3-5-6;/h1-5,7H,9H2,(H,10,11);/q;+1/p-1/t7-;/m1./s1. The molecule has 0 unspecified atom stereocenters. The molecule has 1 aromatic carbocycles. The number of carboxylic acid groups (broad SMARTS) is 1. The summed E-state index contributed by atoms with van der Waals surface area (Å²) in [6, 6.07) is 7.55. The Hall–Kier alpha value is -0.350. The molecule has 2 N–H and O–H groups in total. The van der Waals surface area contributed by atoms with Gasteiger partial charge in [-0.1, -0.05) is 30.3 Å². The topological polar surface area (TPSA) is 66.2 Å². The first kappa shape index (κ1) is 11.6. The Balaban J connectivity index is 0.00000121. The fraction of sp³-hybridized carbons (Fsp3) is 0.125. The molecule has 0 fully saturated rings. The van der Waals surface area contributed by atoms with Crippen molar-refractivity contribution in [2.45, 2.75) is 6.04 Å². The Labute approximate surface area is 92.9 Å². The molecule has 0 aliphatic rings. The number of carbonyl (C=O) groups excluding carboxylic acids is 1. The van der Waals surface area contributed by atoms with Crippen molar-refractivity contribution in [3.8, 4) is 0 Å². The van der Waals surface area contributed by atoms with Gasteiger partial charge in [-0.05, 0) is 5.56 Å². The molecule has 1 aromatic rings. The summed E-state index contributed by atoms with van der Waals surface area (Å²) in [6.45, 7) is 0. The zero-order valence-corrected chi connectivity index (χ0v) is 8.86. The minimum atomic E-state index is -1.25. The number of carbonyl (C=O) groups is 1. The van der Waals surface area contributed by atoms with Gasteiger partial charge in [0.05, 0.1) is 12.0 Å². The van der Waals surface area contributed by atoms with Crippen molar-refractivity contribution >= 4 is 5.97 Å². The number of aliphatic carboxylic acids is 1. The molecule has 3 nitrogen and oxygen atoms in total. The Morgan fingerprint density at radius 3 is 2.25 bits per heavy atom. The molecule has 0 spiro atoms. The largest absolute Gasteiger partial charge is 1.00 e. The number of hydrogen-bond acceptors (Lipinski definition) is 3. The average molecular weight is 173 g/mol. The predicted octanol–water partition coefficient (Wildman–Crippen LogP) is -3.56. The Morgan fingerprint density at radius 2 is 1.83 bits per heavy atom.